The van der Waals surface area contributed by atoms with Crippen molar-refractivity contribution in [3.05, 3.63) is 0 Å². The summed E-state index contributed by atoms with van der Waals surface area (Å²) in [6.45, 7) is 7.57. The fraction of sp³-hybridized carbons (Fsp3) is 0.929. The Kier molecular flexibility index (Phi) is 4.81. The molecule has 2 aliphatic rings. The molecule has 1 heterocycles. The number of hydrogen-bond donors (Lipinski definition) is 2. The summed E-state index contributed by atoms with van der Waals surface area (Å²) in [4.78, 5) is 13.8. The first kappa shape index (κ1) is 14.8. The molecule has 110 valence electrons. The van der Waals surface area contributed by atoms with Crippen molar-refractivity contribution >= 4 is 5.97 Å². The summed E-state index contributed by atoms with van der Waals surface area (Å²) >= 11 is 0. The van der Waals surface area contributed by atoms with Crippen LogP contribution in [0.25, 0.3) is 0 Å². The highest BCUT2D eigenvalue weighted by molar-refractivity contribution is 5.78. The number of carboxylic acid groups (broad SMARTS) is 1. The first-order valence-electron chi connectivity index (χ1n) is 7.35. The molecule has 2 rings (SSSR count). The summed E-state index contributed by atoms with van der Waals surface area (Å²) < 4.78 is 5.51. The van der Waals surface area contributed by atoms with E-state index in [0.717, 1.165) is 45.5 Å². The molecule has 2 atom stereocenters. The van der Waals surface area contributed by atoms with Crippen molar-refractivity contribution in [3.8, 4) is 0 Å². The maximum Gasteiger partial charge on any atom is 0.323 e. The van der Waals surface area contributed by atoms with E-state index in [2.05, 4.69) is 17.1 Å². The molecule has 5 heteroatoms. The van der Waals surface area contributed by atoms with Crippen molar-refractivity contribution in [2.75, 3.05) is 26.2 Å². The van der Waals surface area contributed by atoms with Gasteiger partial charge in [0.15, 0.2) is 0 Å². The number of hydrogen-bond acceptors (Lipinski definition) is 4. The molecule has 19 heavy (non-hydrogen) atoms. The normalized spacial score (nSPS) is 28.0. The summed E-state index contributed by atoms with van der Waals surface area (Å²) in [5, 5.41) is 12.7. The van der Waals surface area contributed by atoms with Crippen LogP contribution < -0.4 is 5.32 Å². The Hall–Kier alpha value is -0.650. The number of morpholine rings is 1. The van der Waals surface area contributed by atoms with Crippen molar-refractivity contribution in [2.45, 2.75) is 57.2 Å². The van der Waals surface area contributed by atoms with Crippen LogP contribution in [0.2, 0.25) is 0 Å². The number of carboxylic acids is 1. The maximum absolute atomic E-state index is 11.4. The van der Waals surface area contributed by atoms with Gasteiger partial charge in [0, 0.05) is 19.1 Å². The number of nitrogens with zero attached hydrogens (tertiary/aromatic N) is 1. The van der Waals surface area contributed by atoms with Gasteiger partial charge in [0.1, 0.15) is 5.54 Å². The molecule has 1 aliphatic heterocycles. The summed E-state index contributed by atoms with van der Waals surface area (Å²) in [6, 6.07) is 0.421. The molecule has 0 spiro atoms. The second kappa shape index (κ2) is 6.20. The van der Waals surface area contributed by atoms with Crippen molar-refractivity contribution in [1.82, 2.24) is 10.2 Å². The molecule has 0 amide bonds. The summed E-state index contributed by atoms with van der Waals surface area (Å²) in [6.07, 6.45) is 4.12. The van der Waals surface area contributed by atoms with Crippen LogP contribution in [0.1, 0.15) is 39.5 Å². The van der Waals surface area contributed by atoms with Gasteiger partial charge in [-0.3, -0.25) is 15.0 Å². The van der Waals surface area contributed by atoms with Crippen molar-refractivity contribution in [2.24, 2.45) is 0 Å². The third-order valence-electron chi connectivity index (χ3n) is 4.05. The Bertz CT molecular complexity index is 320. The Morgan fingerprint density at radius 1 is 1.53 bits per heavy atom. The van der Waals surface area contributed by atoms with E-state index < -0.39 is 11.5 Å². The van der Waals surface area contributed by atoms with E-state index in [0.29, 0.717) is 18.6 Å². The summed E-state index contributed by atoms with van der Waals surface area (Å²) in [7, 11) is 0. The summed E-state index contributed by atoms with van der Waals surface area (Å²) in [5.74, 6) is -0.727. The van der Waals surface area contributed by atoms with Crippen LogP contribution in [0.15, 0.2) is 0 Å². The molecule has 0 aromatic rings. The zero-order chi connectivity index (χ0) is 13.9. The molecule has 0 radical (unpaired) electrons. The number of nitrogens with one attached hydrogen (secondary N) is 1. The standard InChI is InChI=1S/C14H26N2O3/c1-11-10-16(8-9-19-11)7-3-6-14(2,13(17)18)15-12-4-5-12/h11-12,15H,3-10H2,1-2H3,(H,17,18). The van der Waals surface area contributed by atoms with Gasteiger partial charge in [-0.1, -0.05) is 0 Å². The Balaban J connectivity index is 1.73. The highest BCUT2D eigenvalue weighted by atomic mass is 16.5. The van der Waals surface area contributed by atoms with Crippen molar-refractivity contribution in [1.29, 1.82) is 0 Å². The van der Waals surface area contributed by atoms with E-state index in [4.69, 9.17) is 4.74 Å². The lowest BCUT2D eigenvalue weighted by Crippen LogP contribution is -2.51. The zero-order valence-corrected chi connectivity index (χ0v) is 12.0. The second-order valence-corrected chi connectivity index (χ2v) is 6.14. The number of rotatable bonds is 7. The minimum atomic E-state index is -0.765. The maximum atomic E-state index is 11.4. The minimum Gasteiger partial charge on any atom is -0.480 e. The van der Waals surface area contributed by atoms with Crippen LogP contribution in [0.4, 0.5) is 0 Å². The molecule has 1 saturated carbocycles. The van der Waals surface area contributed by atoms with Crippen LogP contribution in [0, 0.1) is 0 Å². The molecule has 0 aromatic carbocycles. The zero-order valence-electron chi connectivity index (χ0n) is 12.0. The fourth-order valence-electron chi connectivity index (χ4n) is 2.67. The predicted molar refractivity (Wildman–Crippen MR) is 73.3 cm³/mol. The summed E-state index contributed by atoms with van der Waals surface area (Å²) in [5.41, 5.74) is -0.765. The Labute approximate surface area is 115 Å². The lowest BCUT2D eigenvalue weighted by atomic mass is 9.95. The van der Waals surface area contributed by atoms with E-state index in [1.807, 2.05) is 6.92 Å². The van der Waals surface area contributed by atoms with Crippen molar-refractivity contribution < 1.29 is 14.6 Å². The van der Waals surface area contributed by atoms with Gasteiger partial charge in [0.25, 0.3) is 0 Å². The first-order valence-corrected chi connectivity index (χ1v) is 7.35. The van der Waals surface area contributed by atoms with Gasteiger partial charge in [-0.05, 0) is 46.1 Å². The van der Waals surface area contributed by atoms with Crippen LogP contribution in [-0.4, -0.2) is 59.9 Å². The minimum absolute atomic E-state index is 0.296. The molecule has 0 aromatic heterocycles. The molecular weight excluding hydrogens is 244 g/mol. The van der Waals surface area contributed by atoms with Crippen LogP contribution in [0.5, 0.6) is 0 Å². The van der Waals surface area contributed by atoms with Gasteiger partial charge < -0.3 is 9.84 Å². The lowest BCUT2D eigenvalue weighted by Gasteiger charge is -2.32. The third kappa shape index (κ3) is 4.44. The number of ether oxygens (including phenoxy) is 1. The highest BCUT2D eigenvalue weighted by Crippen LogP contribution is 2.25. The Morgan fingerprint density at radius 2 is 2.26 bits per heavy atom. The quantitative estimate of drug-likeness (QED) is 0.725. The molecule has 5 nitrogen and oxygen atoms in total. The highest BCUT2D eigenvalue weighted by Gasteiger charge is 2.38. The van der Waals surface area contributed by atoms with Crippen molar-refractivity contribution in [3.63, 3.8) is 0 Å². The van der Waals surface area contributed by atoms with E-state index in [-0.39, 0.29) is 0 Å². The predicted octanol–water partition coefficient (Wildman–Crippen LogP) is 1.08. The van der Waals surface area contributed by atoms with E-state index in [1.165, 1.54) is 0 Å². The second-order valence-electron chi connectivity index (χ2n) is 6.14. The molecule has 2 N–H and O–H groups in total. The number of carbonyl (C=O) groups is 1. The third-order valence-corrected chi connectivity index (χ3v) is 4.05. The van der Waals surface area contributed by atoms with Crippen LogP contribution >= 0.6 is 0 Å². The average molecular weight is 270 g/mol. The van der Waals surface area contributed by atoms with Gasteiger partial charge >= 0.3 is 5.97 Å². The van der Waals surface area contributed by atoms with E-state index >= 15 is 0 Å². The molecule has 1 aliphatic carbocycles. The first-order chi connectivity index (χ1) is 8.99. The molecule has 2 fully saturated rings. The van der Waals surface area contributed by atoms with E-state index in [1.54, 1.807) is 0 Å². The largest absolute Gasteiger partial charge is 0.480 e. The molecular formula is C14H26N2O3. The van der Waals surface area contributed by atoms with Gasteiger partial charge in [-0.2, -0.15) is 0 Å². The molecule has 0 bridgehead atoms. The Morgan fingerprint density at radius 3 is 2.84 bits per heavy atom. The lowest BCUT2D eigenvalue weighted by molar-refractivity contribution is -0.144. The van der Waals surface area contributed by atoms with Crippen LogP contribution in [-0.2, 0) is 9.53 Å². The van der Waals surface area contributed by atoms with Gasteiger partial charge in [0.2, 0.25) is 0 Å². The van der Waals surface area contributed by atoms with Gasteiger partial charge in [-0.15, -0.1) is 0 Å². The van der Waals surface area contributed by atoms with E-state index in [9.17, 15) is 9.90 Å². The monoisotopic (exact) mass is 270 g/mol. The number of aliphatic carboxylic acids is 1. The average Bonchev–Trinajstić information content (AvgIpc) is 3.12. The van der Waals surface area contributed by atoms with Gasteiger partial charge in [-0.25, -0.2) is 0 Å². The SMILES string of the molecule is CC1CN(CCCC(C)(NC2CC2)C(=O)O)CCO1. The van der Waals surface area contributed by atoms with Gasteiger partial charge in [0.05, 0.1) is 12.7 Å². The molecule has 2 unspecified atom stereocenters. The smallest absolute Gasteiger partial charge is 0.323 e. The van der Waals surface area contributed by atoms with Crippen LogP contribution in [0.3, 0.4) is 0 Å². The molecule has 1 saturated heterocycles. The fourth-order valence-corrected chi connectivity index (χ4v) is 2.67. The topological polar surface area (TPSA) is 61.8 Å².